The molecule has 108 valence electrons. The standard InChI is InChI=1S/C14H18BrN3O2/c1-14(2,3)20-13(19)16-8-12-10-7-9(15)5-6-11(10)17-18(12)4/h5-7H,8H2,1-4H3,(H,16,19). The maximum Gasteiger partial charge on any atom is 0.407 e. The van der Waals surface area contributed by atoms with Crippen molar-refractivity contribution in [1.82, 2.24) is 15.1 Å². The lowest BCUT2D eigenvalue weighted by atomic mass is 10.2. The highest BCUT2D eigenvalue weighted by Gasteiger charge is 2.17. The third kappa shape index (κ3) is 3.50. The number of carbonyl (C=O) groups excluding carboxylic acids is 1. The number of hydrogen-bond donors (Lipinski definition) is 1. The van der Waals surface area contributed by atoms with Crippen LogP contribution in [0.5, 0.6) is 0 Å². The molecular weight excluding hydrogens is 322 g/mol. The average molecular weight is 340 g/mol. The Bertz CT molecular complexity index is 644. The van der Waals surface area contributed by atoms with Crippen LogP contribution in [-0.4, -0.2) is 21.5 Å². The Morgan fingerprint density at radius 3 is 2.80 bits per heavy atom. The van der Waals surface area contributed by atoms with Crippen molar-refractivity contribution in [1.29, 1.82) is 0 Å². The summed E-state index contributed by atoms with van der Waals surface area (Å²) in [6.07, 6.45) is -0.429. The summed E-state index contributed by atoms with van der Waals surface area (Å²) in [7, 11) is 1.86. The van der Waals surface area contributed by atoms with E-state index in [0.29, 0.717) is 6.54 Å². The Hall–Kier alpha value is -1.56. The summed E-state index contributed by atoms with van der Waals surface area (Å²) in [5.74, 6) is 0. The van der Waals surface area contributed by atoms with Crippen molar-refractivity contribution in [2.75, 3.05) is 0 Å². The third-order valence-corrected chi connectivity index (χ3v) is 3.21. The van der Waals surface area contributed by atoms with Gasteiger partial charge < -0.3 is 10.1 Å². The second-order valence-electron chi connectivity index (χ2n) is 5.59. The van der Waals surface area contributed by atoms with Crippen molar-refractivity contribution in [3.05, 3.63) is 28.4 Å². The number of aromatic nitrogens is 2. The quantitative estimate of drug-likeness (QED) is 0.912. The monoisotopic (exact) mass is 339 g/mol. The van der Waals surface area contributed by atoms with Crippen LogP contribution in [0.25, 0.3) is 10.9 Å². The van der Waals surface area contributed by atoms with Gasteiger partial charge in [0.2, 0.25) is 0 Å². The molecule has 0 fully saturated rings. The molecule has 1 N–H and O–H groups in total. The van der Waals surface area contributed by atoms with E-state index in [4.69, 9.17) is 4.74 Å². The van der Waals surface area contributed by atoms with Crippen molar-refractivity contribution >= 4 is 32.9 Å². The van der Waals surface area contributed by atoms with E-state index in [9.17, 15) is 4.79 Å². The molecule has 0 spiro atoms. The smallest absolute Gasteiger partial charge is 0.407 e. The van der Waals surface area contributed by atoms with Gasteiger partial charge >= 0.3 is 6.09 Å². The molecule has 0 saturated heterocycles. The predicted molar refractivity (Wildman–Crippen MR) is 81.5 cm³/mol. The van der Waals surface area contributed by atoms with Crippen molar-refractivity contribution in [3.8, 4) is 0 Å². The molecule has 0 aliphatic rings. The molecular formula is C14H18BrN3O2. The Morgan fingerprint density at radius 2 is 2.15 bits per heavy atom. The molecule has 5 nitrogen and oxygen atoms in total. The van der Waals surface area contributed by atoms with Crippen LogP contribution >= 0.6 is 15.9 Å². The van der Waals surface area contributed by atoms with E-state index in [1.807, 2.05) is 46.0 Å². The van der Waals surface area contributed by atoms with Crippen molar-refractivity contribution in [2.24, 2.45) is 7.05 Å². The number of carbonyl (C=O) groups is 1. The first-order valence-corrected chi connectivity index (χ1v) is 7.13. The van der Waals surface area contributed by atoms with Crippen molar-refractivity contribution in [3.63, 3.8) is 0 Å². The summed E-state index contributed by atoms with van der Waals surface area (Å²) < 4.78 is 7.98. The number of alkyl carbamates (subject to hydrolysis) is 1. The van der Waals surface area contributed by atoms with Gasteiger partial charge in [-0.3, -0.25) is 4.68 Å². The highest BCUT2D eigenvalue weighted by molar-refractivity contribution is 9.10. The Kier molecular flexibility index (Phi) is 4.04. The molecule has 0 atom stereocenters. The van der Waals surface area contributed by atoms with Crippen LogP contribution in [0, 0.1) is 0 Å². The van der Waals surface area contributed by atoms with Gasteiger partial charge in [0.25, 0.3) is 0 Å². The summed E-state index contributed by atoms with van der Waals surface area (Å²) in [5.41, 5.74) is 1.34. The number of halogens is 1. The van der Waals surface area contributed by atoms with Gasteiger partial charge in [-0.05, 0) is 39.0 Å². The van der Waals surface area contributed by atoms with Crippen LogP contribution in [0.15, 0.2) is 22.7 Å². The zero-order valence-corrected chi connectivity index (χ0v) is 13.6. The molecule has 1 aromatic carbocycles. The molecule has 0 unspecified atom stereocenters. The zero-order chi connectivity index (χ0) is 14.9. The molecule has 0 bridgehead atoms. The van der Waals surface area contributed by atoms with E-state index >= 15 is 0 Å². The summed E-state index contributed by atoms with van der Waals surface area (Å²) in [6, 6.07) is 5.88. The topological polar surface area (TPSA) is 56.2 Å². The molecule has 1 aromatic heterocycles. The van der Waals surface area contributed by atoms with E-state index in [1.165, 1.54) is 0 Å². The van der Waals surface area contributed by atoms with E-state index < -0.39 is 11.7 Å². The summed E-state index contributed by atoms with van der Waals surface area (Å²) in [5, 5.41) is 8.18. The van der Waals surface area contributed by atoms with E-state index in [2.05, 4.69) is 26.3 Å². The first-order chi connectivity index (χ1) is 9.26. The van der Waals surface area contributed by atoms with Crippen LogP contribution in [0.1, 0.15) is 26.5 Å². The van der Waals surface area contributed by atoms with Crippen LogP contribution in [0.2, 0.25) is 0 Å². The van der Waals surface area contributed by atoms with Crippen molar-refractivity contribution < 1.29 is 9.53 Å². The maximum atomic E-state index is 11.7. The highest BCUT2D eigenvalue weighted by Crippen LogP contribution is 2.22. The summed E-state index contributed by atoms with van der Waals surface area (Å²) in [6.45, 7) is 5.88. The average Bonchev–Trinajstić information content (AvgIpc) is 2.59. The van der Waals surface area contributed by atoms with Crippen LogP contribution < -0.4 is 5.32 Å². The maximum absolute atomic E-state index is 11.7. The fraction of sp³-hybridized carbons (Fsp3) is 0.429. The molecule has 1 amide bonds. The molecule has 0 radical (unpaired) electrons. The largest absolute Gasteiger partial charge is 0.444 e. The molecule has 2 rings (SSSR count). The van der Waals surface area contributed by atoms with Gasteiger partial charge in [0.1, 0.15) is 5.60 Å². The van der Waals surface area contributed by atoms with E-state index in [0.717, 1.165) is 21.1 Å². The molecule has 0 aliphatic carbocycles. The number of rotatable bonds is 2. The summed E-state index contributed by atoms with van der Waals surface area (Å²) in [4.78, 5) is 11.7. The van der Waals surface area contributed by atoms with Gasteiger partial charge in [0.05, 0.1) is 17.8 Å². The second-order valence-corrected chi connectivity index (χ2v) is 6.50. The summed E-state index contributed by atoms with van der Waals surface area (Å²) >= 11 is 3.45. The SMILES string of the molecule is Cn1nc2ccc(Br)cc2c1CNC(=O)OC(C)(C)C. The molecule has 1 heterocycles. The van der Waals surface area contributed by atoms with Crippen LogP contribution in [-0.2, 0) is 18.3 Å². The number of amides is 1. The van der Waals surface area contributed by atoms with Crippen LogP contribution in [0.4, 0.5) is 4.79 Å². The minimum absolute atomic E-state index is 0.373. The number of fused-ring (bicyclic) bond motifs is 1. The predicted octanol–water partition coefficient (Wildman–Crippen LogP) is 3.36. The minimum atomic E-state index is -0.498. The fourth-order valence-corrected chi connectivity index (χ4v) is 2.26. The van der Waals surface area contributed by atoms with E-state index in [1.54, 1.807) is 4.68 Å². The highest BCUT2D eigenvalue weighted by atomic mass is 79.9. The van der Waals surface area contributed by atoms with Gasteiger partial charge in [-0.1, -0.05) is 15.9 Å². The van der Waals surface area contributed by atoms with Gasteiger partial charge in [-0.15, -0.1) is 0 Å². The van der Waals surface area contributed by atoms with Crippen LogP contribution in [0.3, 0.4) is 0 Å². The normalized spacial score (nSPS) is 11.7. The lowest BCUT2D eigenvalue weighted by Crippen LogP contribution is -2.32. The number of benzene rings is 1. The Balaban J connectivity index is 2.16. The Labute approximate surface area is 126 Å². The van der Waals surface area contributed by atoms with Gasteiger partial charge in [0.15, 0.2) is 0 Å². The molecule has 0 saturated carbocycles. The van der Waals surface area contributed by atoms with Gasteiger partial charge in [-0.25, -0.2) is 4.79 Å². The molecule has 6 heteroatoms. The number of ether oxygens (including phenoxy) is 1. The van der Waals surface area contributed by atoms with Gasteiger partial charge in [-0.2, -0.15) is 5.10 Å². The number of nitrogens with zero attached hydrogens (tertiary/aromatic N) is 2. The first kappa shape index (κ1) is 14.8. The minimum Gasteiger partial charge on any atom is -0.444 e. The number of aryl methyl sites for hydroxylation is 1. The number of nitrogens with one attached hydrogen (secondary N) is 1. The third-order valence-electron chi connectivity index (χ3n) is 2.72. The molecule has 20 heavy (non-hydrogen) atoms. The number of hydrogen-bond acceptors (Lipinski definition) is 3. The fourth-order valence-electron chi connectivity index (χ4n) is 1.90. The van der Waals surface area contributed by atoms with Gasteiger partial charge in [0, 0.05) is 16.9 Å². The lowest BCUT2D eigenvalue weighted by molar-refractivity contribution is 0.0522. The first-order valence-electron chi connectivity index (χ1n) is 6.34. The second kappa shape index (κ2) is 5.44. The van der Waals surface area contributed by atoms with Crippen molar-refractivity contribution in [2.45, 2.75) is 32.9 Å². The lowest BCUT2D eigenvalue weighted by Gasteiger charge is -2.19. The Morgan fingerprint density at radius 1 is 1.45 bits per heavy atom. The van der Waals surface area contributed by atoms with E-state index in [-0.39, 0.29) is 0 Å². The molecule has 0 aliphatic heterocycles. The zero-order valence-electron chi connectivity index (χ0n) is 12.0. The molecule has 2 aromatic rings.